The van der Waals surface area contributed by atoms with Gasteiger partial charge in [-0.2, -0.15) is 0 Å². The molecule has 1 aromatic carbocycles. The average molecular weight is 286 g/mol. The Morgan fingerprint density at radius 1 is 1.24 bits per heavy atom. The van der Waals surface area contributed by atoms with E-state index in [1.54, 1.807) is 0 Å². The van der Waals surface area contributed by atoms with Crippen molar-refractivity contribution >= 4 is 11.1 Å². The molecule has 0 bridgehead atoms. The van der Waals surface area contributed by atoms with Gasteiger partial charge in [-0.1, -0.05) is 13.0 Å². The fourth-order valence-corrected chi connectivity index (χ4v) is 2.69. The fraction of sp³-hybridized carbons (Fsp3) is 0.312. The Bertz CT molecular complexity index is 826. The summed E-state index contributed by atoms with van der Waals surface area (Å²) in [5.74, 6) is 1.35. The number of H-pyrrole nitrogens is 1. The molecular formula is C16H18N2O3. The van der Waals surface area contributed by atoms with Crippen LogP contribution in [0.2, 0.25) is 0 Å². The third-order valence-electron chi connectivity index (χ3n) is 3.58. The molecule has 0 spiro atoms. The predicted octanol–water partition coefficient (Wildman–Crippen LogP) is 3.03. The second-order valence-corrected chi connectivity index (χ2v) is 5.13. The van der Waals surface area contributed by atoms with E-state index in [1.807, 2.05) is 38.1 Å². The molecule has 5 nitrogen and oxygen atoms in total. The van der Waals surface area contributed by atoms with Crippen LogP contribution in [-0.2, 0) is 0 Å². The number of aromatic nitrogens is 1. The monoisotopic (exact) mass is 286 g/mol. The lowest BCUT2D eigenvalue weighted by molar-refractivity contribution is 0.495. The van der Waals surface area contributed by atoms with Crippen LogP contribution in [-0.4, -0.2) is 11.5 Å². The third-order valence-corrected chi connectivity index (χ3v) is 3.58. The Balaban J connectivity index is 2.10. The van der Waals surface area contributed by atoms with Crippen LogP contribution in [0.1, 0.15) is 35.6 Å². The van der Waals surface area contributed by atoms with Crippen molar-refractivity contribution in [2.45, 2.75) is 26.8 Å². The second kappa shape index (κ2) is 5.26. The van der Waals surface area contributed by atoms with Crippen LogP contribution in [0.4, 0.5) is 0 Å². The van der Waals surface area contributed by atoms with Crippen molar-refractivity contribution in [2.24, 2.45) is 0 Å². The normalized spacial score (nSPS) is 12.9. The predicted molar refractivity (Wildman–Crippen MR) is 80.5 cm³/mol. The Hall–Kier alpha value is -2.27. The number of oxazole rings is 1. The molecular weight excluding hydrogens is 268 g/mol. The van der Waals surface area contributed by atoms with Crippen molar-refractivity contribution in [3.63, 3.8) is 0 Å². The van der Waals surface area contributed by atoms with Gasteiger partial charge in [0.15, 0.2) is 5.58 Å². The summed E-state index contributed by atoms with van der Waals surface area (Å²) >= 11 is 0. The summed E-state index contributed by atoms with van der Waals surface area (Å²) in [6.45, 7) is 6.78. The summed E-state index contributed by atoms with van der Waals surface area (Å²) in [6, 6.07) is 7.80. The molecule has 1 atom stereocenters. The summed E-state index contributed by atoms with van der Waals surface area (Å²) in [6.07, 6.45) is 0. The molecule has 3 aromatic rings. The quantitative estimate of drug-likeness (QED) is 0.773. The van der Waals surface area contributed by atoms with Crippen molar-refractivity contribution in [3.8, 4) is 0 Å². The zero-order chi connectivity index (χ0) is 15.0. The van der Waals surface area contributed by atoms with Gasteiger partial charge in [0, 0.05) is 5.56 Å². The number of aryl methyl sites for hydroxylation is 2. The highest BCUT2D eigenvalue weighted by Crippen LogP contribution is 2.29. The Morgan fingerprint density at radius 3 is 2.71 bits per heavy atom. The van der Waals surface area contributed by atoms with Gasteiger partial charge in [0.25, 0.3) is 0 Å². The second-order valence-electron chi connectivity index (χ2n) is 5.13. The number of benzene rings is 1. The zero-order valence-electron chi connectivity index (χ0n) is 12.3. The summed E-state index contributed by atoms with van der Waals surface area (Å²) in [7, 11) is 0. The molecule has 5 heteroatoms. The first-order chi connectivity index (χ1) is 10.1. The molecule has 110 valence electrons. The minimum atomic E-state index is -0.433. The summed E-state index contributed by atoms with van der Waals surface area (Å²) in [5, 5.41) is 3.45. The maximum absolute atomic E-state index is 11.3. The molecule has 2 heterocycles. The molecule has 0 aliphatic rings. The molecule has 0 radical (unpaired) electrons. The zero-order valence-corrected chi connectivity index (χ0v) is 12.3. The van der Waals surface area contributed by atoms with Crippen LogP contribution in [0.25, 0.3) is 11.1 Å². The molecule has 1 unspecified atom stereocenters. The lowest BCUT2D eigenvalue weighted by atomic mass is 9.98. The molecule has 0 fully saturated rings. The van der Waals surface area contributed by atoms with Gasteiger partial charge in [-0.25, -0.2) is 4.79 Å². The number of aromatic amines is 1. The lowest BCUT2D eigenvalue weighted by Crippen LogP contribution is -2.22. The van der Waals surface area contributed by atoms with Gasteiger partial charge in [-0.05, 0) is 44.2 Å². The van der Waals surface area contributed by atoms with Crippen LogP contribution >= 0.6 is 0 Å². The maximum atomic E-state index is 11.3. The third kappa shape index (κ3) is 2.52. The number of furan rings is 1. The van der Waals surface area contributed by atoms with Crippen molar-refractivity contribution in [2.75, 3.05) is 6.54 Å². The number of fused-ring (bicyclic) bond motifs is 1. The van der Waals surface area contributed by atoms with Crippen LogP contribution in [0.15, 0.2) is 37.9 Å². The number of nitrogens with one attached hydrogen (secondary N) is 2. The van der Waals surface area contributed by atoms with Crippen LogP contribution in [0.3, 0.4) is 0 Å². The van der Waals surface area contributed by atoms with E-state index >= 15 is 0 Å². The van der Waals surface area contributed by atoms with Gasteiger partial charge >= 0.3 is 5.76 Å². The van der Waals surface area contributed by atoms with E-state index in [2.05, 4.69) is 17.2 Å². The van der Waals surface area contributed by atoms with Gasteiger partial charge in [0.05, 0.1) is 11.6 Å². The maximum Gasteiger partial charge on any atom is 0.417 e. The number of hydrogen-bond acceptors (Lipinski definition) is 4. The van der Waals surface area contributed by atoms with E-state index in [-0.39, 0.29) is 6.04 Å². The highest BCUT2D eigenvalue weighted by molar-refractivity contribution is 5.73. The lowest BCUT2D eigenvalue weighted by Gasteiger charge is -2.17. The Morgan fingerprint density at radius 2 is 2.05 bits per heavy atom. The molecule has 0 aliphatic carbocycles. The van der Waals surface area contributed by atoms with Crippen molar-refractivity contribution in [1.29, 1.82) is 0 Å². The topological polar surface area (TPSA) is 71.2 Å². The SMILES string of the molecule is CCNC(c1ccc2[nH]c(=O)oc2c1)c1cc(C)oc1C. The van der Waals surface area contributed by atoms with E-state index in [0.29, 0.717) is 11.1 Å². The standard InChI is InChI=1S/C16H18N2O3/c1-4-17-15(12-7-9(2)20-10(12)3)11-5-6-13-14(8-11)21-16(19)18-13/h5-8,15,17H,4H2,1-3H3,(H,18,19). The van der Waals surface area contributed by atoms with Gasteiger partial charge in [0.2, 0.25) is 0 Å². The largest absolute Gasteiger partial charge is 0.466 e. The Labute approximate surface area is 122 Å². The summed E-state index contributed by atoms with van der Waals surface area (Å²) in [4.78, 5) is 13.9. The van der Waals surface area contributed by atoms with Crippen LogP contribution < -0.4 is 11.1 Å². The Kier molecular flexibility index (Phi) is 3.43. The summed E-state index contributed by atoms with van der Waals surface area (Å²) in [5.41, 5.74) is 3.42. The van der Waals surface area contributed by atoms with Gasteiger partial charge in [-0.15, -0.1) is 0 Å². The molecule has 2 N–H and O–H groups in total. The molecule has 21 heavy (non-hydrogen) atoms. The van der Waals surface area contributed by atoms with E-state index in [9.17, 15) is 4.79 Å². The van der Waals surface area contributed by atoms with Crippen molar-refractivity contribution < 1.29 is 8.83 Å². The molecule has 0 saturated heterocycles. The molecule has 3 rings (SSSR count). The highest BCUT2D eigenvalue weighted by Gasteiger charge is 2.19. The van der Waals surface area contributed by atoms with Gasteiger partial charge < -0.3 is 14.2 Å². The molecule has 0 aliphatic heterocycles. The van der Waals surface area contributed by atoms with E-state index in [0.717, 1.165) is 29.2 Å². The van der Waals surface area contributed by atoms with E-state index in [4.69, 9.17) is 8.83 Å². The van der Waals surface area contributed by atoms with Crippen molar-refractivity contribution in [3.05, 3.63) is 57.5 Å². The molecule has 0 saturated carbocycles. The number of hydrogen-bond donors (Lipinski definition) is 2. The van der Waals surface area contributed by atoms with Crippen LogP contribution in [0.5, 0.6) is 0 Å². The van der Waals surface area contributed by atoms with E-state index < -0.39 is 5.76 Å². The highest BCUT2D eigenvalue weighted by atomic mass is 16.4. The van der Waals surface area contributed by atoms with Gasteiger partial charge in [0.1, 0.15) is 11.5 Å². The minimum absolute atomic E-state index is 0.0112. The van der Waals surface area contributed by atoms with Crippen molar-refractivity contribution in [1.82, 2.24) is 10.3 Å². The molecule has 0 amide bonds. The van der Waals surface area contributed by atoms with E-state index in [1.165, 1.54) is 0 Å². The smallest absolute Gasteiger partial charge is 0.417 e. The first-order valence-electron chi connectivity index (χ1n) is 7.01. The first kappa shape index (κ1) is 13.7. The fourth-order valence-electron chi connectivity index (χ4n) is 2.69. The number of rotatable bonds is 4. The average Bonchev–Trinajstić information content (AvgIpc) is 2.96. The first-order valence-corrected chi connectivity index (χ1v) is 7.01. The minimum Gasteiger partial charge on any atom is -0.466 e. The van der Waals surface area contributed by atoms with Crippen LogP contribution in [0, 0.1) is 13.8 Å². The van der Waals surface area contributed by atoms with Gasteiger partial charge in [-0.3, -0.25) is 4.98 Å². The summed E-state index contributed by atoms with van der Waals surface area (Å²) < 4.78 is 10.8. The molecule has 2 aromatic heterocycles.